The number of hydrogen-bond acceptors (Lipinski definition) is 11. The molecule has 0 bridgehead atoms. The first-order chi connectivity index (χ1) is 20.7. The summed E-state index contributed by atoms with van der Waals surface area (Å²) in [6, 6.07) is 7.70. The Hall–Kier alpha value is -5.20. The molecule has 232 valence electrons. The molecule has 13 heteroatoms. The van der Waals surface area contributed by atoms with Crippen LogP contribution in [-0.2, 0) is 6.54 Å². The summed E-state index contributed by atoms with van der Waals surface area (Å²) in [6.07, 6.45) is 0. The van der Waals surface area contributed by atoms with Crippen LogP contribution in [0.1, 0.15) is 26.3 Å². The lowest BCUT2D eigenvalue weighted by atomic mass is 10.1. The summed E-state index contributed by atoms with van der Waals surface area (Å²) in [5.74, 6) is 1.68. The molecule has 0 aliphatic rings. The van der Waals surface area contributed by atoms with Crippen LogP contribution in [0, 0.1) is 0 Å². The van der Waals surface area contributed by atoms with Gasteiger partial charge < -0.3 is 53.3 Å². The quantitative estimate of drug-likeness (QED) is 0.278. The molecule has 13 nitrogen and oxygen atoms in total. The van der Waals surface area contributed by atoms with Gasteiger partial charge in [0.1, 0.15) is 0 Å². The van der Waals surface area contributed by atoms with Gasteiger partial charge >= 0.3 is 0 Å². The molecule has 2 N–H and O–H groups in total. The molecule has 43 heavy (non-hydrogen) atoms. The highest BCUT2D eigenvalue weighted by atomic mass is 16.5. The van der Waals surface area contributed by atoms with Gasteiger partial charge in [0.05, 0.1) is 69.7 Å². The molecule has 0 radical (unpaired) electrons. The van der Waals surface area contributed by atoms with E-state index in [0.29, 0.717) is 45.8 Å². The van der Waals surface area contributed by atoms with Gasteiger partial charge in [-0.05, 0) is 30.3 Å². The largest absolute Gasteiger partial charge is 0.493 e. The van der Waals surface area contributed by atoms with E-state index in [-0.39, 0.29) is 34.9 Å². The highest BCUT2D eigenvalue weighted by Gasteiger charge is 2.25. The van der Waals surface area contributed by atoms with Crippen LogP contribution in [0.25, 0.3) is 0 Å². The van der Waals surface area contributed by atoms with Gasteiger partial charge in [-0.2, -0.15) is 0 Å². The van der Waals surface area contributed by atoms with Gasteiger partial charge in [0, 0.05) is 23.2 Å². The SMILES string of the molecule is COc1cc(C(=O)NCc2cc(OC)c(OC)c(OC)c2NC(=O)c2cc(OC)c(OC)c(OC)c2)cc(OC)c1OC. The van der Waals surface area contributed by atoms with E-state index in [1.165, 1.54) is 88.3 Å². The van der Waals surface area contributed by atoms with E-state index in [0.717, 1.165) is 0 Å². The first kappa shape index (κ1) is 32.3. The molecule has 3 rings (SSSR count). The van der Waals surface area contributed by atoms with Gasteiger partial charge in [-0.15, -0.1) is 0 Å². The van der Waals surface area contributed by atoms with E-state index < -0.39 is 11.8 Å². The van der Waals surface area contributed by atoms with E-state index in [1.54, 1.807) is 6.07 Å². The molecule has 3 aromatic rings. The molecular weight excluding hydrogens is 564 g/mol. The number of nitrogens with one attached hydrogen (secondary N) is 2. The fraction of sp³-hybridized carbons (Fsp3) is 0.333. The summed E-state index contributed by atoms with van der Waals surface area (Å²) in [5.41, 5.74) is 1.16. The molecule has 2 amide bonds. The molecule has 0 heterocycles. The van der Waals surface area contributed by atoms with Crippen LogP contribution in [-0.4, -0.2) is 75.8 Å². The molecule has 0 aromatic heterocycles. The van der Waals surface area contributed by atoms with Crippen molar-refractivity contribution in [2.75, 3.05) is 69.3 Å². The number of benzene rings is 3. The van der Waals surface area contributed by atoms with Gasteiger partial charge in [0.25, 0.3) is 11.8 Å². The summed E-state index contributed by atoms with van der Waals surface area (Å²) in [7, 11) is 13.1. The van der Waals surface area contributed by atoms with E-state index in [2.05, 4.69) is 10.6 Å². The highest BCUT2D eigenvalue weighted by Crippen LogP contribution is 2.46. The maximum Gasteiger partial charge on any atom is 0.256 e. The average molecular weight is 601 g/mol. The number of methoxy groups -OCH3 is 9. The maximum atomic E-state index is 13.6. The lowest BCUT2D eigenvalue weighted by Crippen LogP contribution is -2.24. The Balaban J connectivity index is 2.05. The minimum absolute atomic E-state index is 0.0446. The van der Waals surface area contributed by atoms with Gasteiger partial charge in [0.2, 0.25) is 17.2 Å². The molecule has 0 spiro atoms. The smallest absolute Gasteiger partial charge is 0.256 e. The number of amides is 2. The molecule has 0 aliphatic heterocycles. The molecule has 0 aliphatic carbocycles. The van der Waals surface area contributed by atoms with Crippen molar-refractivity contribution in [1.29, 1.82) is 0 Å². The number of carbonyl (C=O) groups is 2. The highest BCUT2D eigenvalue weighted by molar-refractivity contribution is 6.07. The molecular formula is C30H36N2O11. The fourth-order valence-electron chi connectivity index (χ4n) is 4.37. The zero-order valence-corrected chi connectivity index (χ0v) is 25.6. The van der Waals surface area contributed by atoms with Crippen molar-refractivity contribution in [3.05, 3.63) is 47.0 Å². The van der Waals surface area contributed by atoms with Crippen molar-refractivity contribution in [2.24, 2.45) is 0 Å². The van der Waals surface area contributed by atoms with Crippen molar-refractivity contribution < 1.29 is 52.2 Å². The third-order valence-electron chi connectivity index (χ3n) is 6.44. The van der Waals surface area contributed by atoms with Crippen LogP contribution >= 0.6 is 0 Å². The van der Waals surface area contributed by atoms with Crippen molar-refractivity contribution in [1.82, 2.24) is 5.32 Å². The first-order valence-corrected chi connectivity index (χ1v) is 12.8. The minimum atomic E-state index is -0.526. The van der Waals surface area contributed by atoms with Crippen LogP contribution in [0.4, 0.5) is 5.69 Å². The van der Waals surface area contributed by atoms with Crippen LogP contribution < -0.4 is 53.3 Å². The number of hydrogen-bond donors (Lipinski definition) is 2. The molecule has 0 atom stereocenters. The van der Waals surface area contributed by atoms with Crippen LogP contribution in [0.15, 0.2) is 30.3 Å². The second kappa shape index (κ2) is 14.6. The van der Waals surface area contributed by atoms with E-state index >= 15 is 0 Å². The van der Waals surface area contributed by atoms with E-state index in [9.17, 15) is 9.59 Å². The van der Waals surface area contributed by atoms with E-state index in [4.69, 9.17) is 42.6 Å². The molecule has 0 unspecified atom stereocenters. The Bertz CT molecular complexity index is 1420. The maximum absolute atomic E-state index is 13.6. The minimum Gasteiger partial charge on any atom is -0.493 e. The number of anilines is 1. The zero-order chi connectivity index (χ0) is 31.7. The topological polar surface area (TPSA) is 141 Å². The Morgan fingerprint density at radius 2 is 0.860 bits per heavy atom. The summed E-state index contributed by atoms with van der Waals surface area (Å²) < 4.78 is 48.9. The Kier molecular flexibility index (Phi) is 11.0. The normalized spacial score (nSPS) is 10.3. The fourth-order valence-corrected chi connectivity index (χ4v) is 4.37. The van der Waals surface area contributed by atoms with Crippen molar-refractivity contribution in [3.8, 4) is 51.7 Å². The predicted molar refractivity (Wildman–Crippen MR) is 157 cm³/mol. The number of ether oxygens (including phenoxy) is 9. The zero-order valence-electron chi connectivity index (χ0n) is 25.6. The van der Waals surface area contributed by atoms with Gasteiger partial charge in [-0.25, -0.2) is 0 Å². The van der Waals surface area contributed by atoms with Crippen molar-refractivity contribution in [3.63, 3.8) is 0 Å². The predicted octanol–water partition coefficient (Wildman–Crippen LogP) is 3.95. The Labute approximate surface area is 249 Å². The van der Waals surface area contributed by atoms with Crippen molar-refractivity contribution >= 4 is 17.5 Å². The van der Waals surface area contributed by atoms with Crippen LogP contribution in [0.2, 0.25) is 0 Å². The summed E-state index contributed by atoms with van der Waals surface area (Å²) in [6.45, 7) is -0.0446. The van der Waals surface area contributed by atoms with Crippen molar-refractivity contribution in [2.45, 2.75) is 6.54 Å². The molecule has 0 fully saturated rings. The summed E-state index contributed by atoms with van der Waals surface area (Å²) in [5, 5.41) is 5.72. The lowest BCUT2D eigenvalue weighted by molar-refractivity contribution is 0.0949. The third kappa shape index (κ3) is 6.66. The van der Waals surface area contributed by atoms with Gasteiger partial charge in [0.15, 0.2) is 34.5 Å². The number of rotatable bonds is 14. The lowest BCUT2D eigenvalue weighted by Gasteiger charge is -2.21. The molecule has 0 saturated heterocycles. The Morgan fingerprint density at radius 1 is 0.488 bits per heavy atom. The van der Waals surface area contributed by atoms with E-state index in [1.807, 2.05) is 0 Å². The average Bonchev–Trinajstić information content (AvgIpc) is 3.05. The third-order valence-corrected chi connectivity index (χ3v) is 6.44. The van der Waals surface area contributed by atoms with Gasteiger partial charge in [-0.3, -0.25) is 9.59 Å². The second-order valence-corrected chi connectivity index (χ2v) is 8.64. The Morgan fingerprint density at radius 3 is 1.23 bits per heavy atom. The molecule has 0 saturated carbocycles. The monoisotopic (exact) mass is 600 g/mol. The summed E-state index contributed by atoms with van der Waals surface area (Å²) in [4.78, 5) is 26.8. The second-order valence-electron chi connectivity index (χ2n) is 8.64. The van der Waals surface area contributed by atoms with Crippen LogP contribution in [0.5, 0.6) is 51.7 Å². The molecule has 3 aromatic carbocycles. The van der Waals surface area contributed by atoms with Crippen LogP contribution in [0.3, 0.4) is 0 Å². The summed E-state index contributed by atoms with van der Waals surface area (Å²) >= 11 is 0. The standard InChI is InChI=1S/C30H36N2O11/c1-35-19-10-16(11-20(36-2)25(19)40-6)29(33)31-15-18-14-23(39-5)27(42-8)28(43-9)24(18)32-30(34)17-12-21(37-3)26(41-7)22(13-17)38-4/h10-14H,15H2,1-9H3,(H,31,33)(H,32,34). The number of carbonyl (C=O) groups excluding carboxylic acids is 2. The van der Waals surface area contributed by atoms with Gasteiger partial charge in [-0.1, -0.05) is 0 Å². The first-order valence-electron chi connectivity index (χ1n) is 12.8.